The average Bonchev–Trinajstić information content (AvgIpc) is 3.15. The van der Waals surface area contributed by atoms with Crippen molar-refractivity contribution in [3.63, 3.8) is 0 Å². The first-order valence-electron chi connectivity index (χ1n) is 7.92. The molecule has 7 heteroatoms. The molecule has 1 fully saturated rings. The summed E-state index contributed by atoms with van der Waals surface area (Å²) in [5.41, 5.74) is 2.24. The molecule has 1 aliphatic rings. The van der Waals surface area contributed by atoms with Crippen LogP contribution in [0.3, 0.4) is 0 Å². The second-order valence-electron chi connectivity index (χ2n) is 5.95. The summed E-state index contributed by atoms with van der Waals surface area (Å²) in [6, 6.07) is 8.66. The molecule has 1 saturated heterocycles. The van der Waals surface area contributed by atoms with Crippen molar-refractivity contribution in [3.8, 4) is 5.69 Å². The van der Waals surface area contributed by atoms with Crippen molar-refractivity contribution < 1.29 is 4.74 Å². The highest BCUT2D eigenvalue weighted by atomic mass is 32.2. The summed E-state index contributed by atoms with van der Waals surface area (Å²) in [4.78, 5) is 0. The van der Waals surface area contributed by atoms with E-state index >= 15 is 0 Å². The van der Waals surface area contributed by atoms with E-state index in [0.717, 1.165) is 38.3 Å². The lowest BCUT2D eigenvalue weighted by molar-refractivity contribution is 0.0766. The quantitative estimate of drug-likeness (QED) is 0.874. The number of nitrogens with zero attached hydrogens (tertiary/aromatic N) is 4. The summed E-state index contributed by atoms with van der Waals surface area (Å²) in [5.74, 6) is 0. The molecule has 0 unspecified atom stereocenters. The monoisotopic (exact) mass is 333 g/mol. The van der Waals surface area contributed by atoms with Crippen LogP contribution in [0.4, 0.5) is 0 Å². The van der Waals surface area contributed by atoms with Crippen molar-refractivity contribution in [2.45, 2.75) is 30.6 Å². The molecule has 0 amide bonds. The van der Waals surface area contributed by atoms with Crippen LogP contribution in [-0.4, -0.2) is 51.0 Å². The van der Waals surface area contributed by atoms with Gasteiger partial charge in [-0.1, -0.05) is 12.1 Å². The van der Waals surface area contributed by atoms with Gasteiger partial charge >= 0.3 is 0 Å². The van der Waals surface area contributed by atoms with E-state index < -0.39 is 0 Å². The van der Waals surface area contributed by atoms with Gasteiger partial charge in [-0.05, 0) is 54.1 Å². The normalized spacial score (nSPS) is 18.7. The van der Waals surface area contributed by atoms with Crippen LogP contribution in [0.5, 0.6) is 0 Å². The second kappa shape index (κ2) is 7.42. The predicted octanol–water partition coefficient (Wildman–Crippen LogP) is 2.23. The number of nitrogens with one attached hydrogen (secondary N) is 1. The lowest BCUT2D eigenvalue weighted by atomic mass is 9.98. The summed E-state index contributed by atoms with van der Waals surface area (Å²) >= 11 is 1.96. The maximum absolute atomic E-state index is 5.51. The van der Waals surface area contributed by atoms with Gasteiger partial charge in [-0.15, -0.1) is 5.10 Å². The molecule has 1 N–H and O–H groups in total. The zero-order chi connectivity index (χ0) is 16.1. The van der Waals surface area contributed by atoms with Crippen molar-refractivity contribution in [2.24, 2.45) is 0 Å². The Morgan fingerprint density at radius 1 is 1.30 bits per heavy atom. The molecule has 3 rings (SSSR count). The minimum atomic E-state index is 0.304. The first-order valence-corrected chi connectivity index (χ1v) is 9.14. The smallest absolute Gasteiger partial charge is 0.143 e. The molecule has 1 atom stereocenters. The van der Waals surface area contributed by atoms with Crippen LogP contribution < -0.4 is 5.32 Å². The number of hydrogen-bond acceptors (Lipinski definition) is 6. The zero-order valence-corrected chi connectivity index (χ0v) is 14.4. The maximum Gasteiger partial charge on any atom is 0.143 e. The van der Waals surface area contributed by atoms with Gasteiger partial charge in [-0.2, -0.15) is 11.8 Å². The molecule has 1 aliphatic heterocycles. The Kier molecular flexibility index (Phi) is 5.30. The van der Waals surface area contributed by atoms with Crippen LogP contribution in [0.2, 0.25) is 0 Å². The molecule has 1 aromatic carbocycles. The summed E-state index contributed by atoms with van der Waals surface area (Å²) < 4.78 is 7.47. The molecule has 0 bridgehead atoms. The molecular formula is C16H23N5OS. The topological polar surface area (TPSA) is 64.9 Å². The standard InChI is InChI=1S/C16H23N5OS/c1-13(17-11-16(23-2)7-9-22-10-8-16)14-3-5-15(6-4-14)21-12-18-19-20-21/h3-6,12-13,17H,7-11H2,1-2H3/t13-/m0/s1. The minimum absolute atomic E-state index is 0.304. The molecule has 2 heterocycles. The van der Waals surface area contributed by atoms with Crippen LogP contribution >= 0.6 is 11.8 Å². The Bertz CT molecular complexity index is 595. The Morgan fingerprint density at radius 2 is 2.04 bits per heavy atom. The van der Waals surface area contributed by atoms with Crippen LogP contribution in [-0.2, 0) is 4.74 Å². The number of benzene rings is 1. The van der Waals surface area contributed by atoms with Gasteiger partial charge in [-0.25, -0.2) is 4.68 Å². The van der Waals surface area contributed by atoms with Gasteiger partial charge in [0.1, 0.15) is 6.33 Å². The number of ether oxygens (including phenoxy) is 1. The molecule has 0 saturated carbocycles. The summed E-state index contributed by atoms with van der Waals surface area (Å²) in [6.45, 7) is 4.96. The van der Waals surface area contributed by atoms with Crippen molar-refractivity contribution in [3.05, 3.63) is 36.2 Å². The van der Waals surface area contributed by atoms with Crippen LogP contribution in [0.1, 0.15) is 31.4 Å². The van der Waals surface area contributed by atoms with Gasteiger partial charge in [0.05, 0.1) is 5.69 Å². The predicted molar refractivity (Wildman–Crippen MR) is 91.9 cm³/mol. The van der Waals surface area contributed by atoms with Crippen LogP contribution in [0, 0.1) is 0 Å². The third-order valence-corrected chi connectivity index (χ3v) is 5.99. The van der Waals surface area contributed by atoms with E-state index in [0.29, 0.717) is 10.8 Å². The molecule has 0 aliphatic carbocycles. The Hall–Kier alpha value is -1.44. The molecule has 0 spiro atoms. The third kappa shape index (κ3) is 3.91. The van der Waals surface area contributed by atoms with E-state index in [1.165, 1.54) is 5.56 Å². The van der Waals surface area contributed by atoms with Gasteiger partial charge < -0.3 is 10.1 Å². The summed E-state index contributed by atoms with van der Waals surface area (Å²) in [6.07, 6.45) is 6.04. The molecule has 2 aromatic rings. The largest absolute Gasteiger partial charge is 0.381 e. The highest BCUT2D eigenvalue weighted by Gasteiger charge is 2.31. The lowest BCUT2D eigenvalue weighted by Gasteiger charge is -2.36. The Morgan fingerprint density at radius 3 is 2.65 bits per heavy atom. The van der Waals surface area contributed by atoms with Gasteiger partial charge in [0.15, 0.2) is 0 Å². The van der Waals surface area contributed by atoms with E-state index in [1.807, 2.05) is 23.9 Å². The van der Waals surface area contributed by atoms with Crippen LogP contribution in [0.25, 0.3) is 5.69 Å². The number of tetrazole rings is 1. The summed E-state index contributed by atoms with van der Waals surface area (Å²) in [7, 11) is 0. The number of hydrogen-bond donors (Lipinski definition) is 1. The van der Waals surface area contributed by atoms with Crippen molar-refractivity contribution in [2.75, 3.05) is 26.0 Å². The number of rotatable bonds is 6. The first-order chi connectivity index (χ1) is 11.2. The zero-order valence-electron chi connectivity index (χ0n) is 13.6. The van der Waals surface area contributed by atoms with Crippen molar-refractivity contribution >= 4 is 11.8 Å². The van der Waals surface area contributed by atoms with E-state index in [-0.39, 0.29) is 0 Å². The van der Waals surface area contributed by atoms with E-state index in [4.69, 9.17) is 4.74 Å². The first kappa shape index (κ1) is 16.4. The second-order valence-corrected chi connectivity index (χ2v) is 7.22. The highest BCUT2D eigenvalue weighted by Crippen LogP contribution is 2.33. The molecule has 1 aromatic heterocycles. The molecule has 6 nitrogen and oxygen atoms in total. The molecule has 124 valence electrons. The van der Waals surface area contributed by atoms with Gasteiger partial charge in [-0.3, -0.25) is 0 Å². The fraction of sp³-hybridized carbons (Fsp3) is 0.562. The van der Waals surface area contributed by atoms with Gasteiger partial charge in [0, 0.05) is 30.5 Å². The van der Waals surface area contributed by atoms with E-state index in [9.17, 15) is 0 Å². The summed E-state index contributed by atoms with van der Waals surface area (Å²) in [5, 5.41) is 14.9. The Balaban J connectivity index is 1.60. The molecular weight excluding hydrogens is 310 g/mol. The molecule has 0 radical (unpaired) electrons. The van der Waals surface area contributed by atoms with Crippen LogP contribution in [0.15, 0.2) is 30.6 Å². The number of thioether (sulfide) groups is 1. The SMILES string of the molecule is CSC1(CN[C@@H](C)c2ccc(-n3cnnn3)cc2)CCOCC1. The van der Waals surface area contributed by atoms with Crippen molar-refractivity contribution in [1.82, 2.24) is 25.5 Å². The van der Waals surface area contributed by atoms with Crippen molar-refractivity contribution in [1.29, 1.82) is 0 Å². The van der Waals surface area contributed by atoms with Gasteiger partial charge in [0.25, 0.3) is 0 Å². The van der Waals surface area contributed by atoms with E-state index in [2.05, 4.69) is 46.2 Å². The lowest BCUT2D eigenvalue weighted by Crippen LogP contribution is -2.43. The highest BCUT2D eigenvalue weighted by molar-refractivity contribution is 8.00. The Labute approximate surface area is 141 Å². The average molecular weight is 333 g/mol. The molecule has 23 heavy (non-hydrogen) atoms. The number of aromatic nitrogens is 4. The fourth-order valence-electron chi connectivity index (χ4n) is 2.85. The maximum atomic E-state index is 5.51. The van der Waals surface area contributed by atoms with Gasteiger partial charge in [0.2, 0.25) is 0 Å². The minimum Gasteiger partial charge on any atom is -0.381 e. The fourth-order valence-corrected chi connectivity index (χ4v) is 3.65. The van der Waals surface area contributed by atoms with E-state index in [1.54, 1.807) is 11.0 Å². The third-order valence-electron chi connectivity index (χ3n) is 4.57.